The molecule has 0 unspecified atom stereocenters. The second kappa shape index (κ2) is 7.89. The summed E-state index contributed by atoms with van der Waals surface area (Å²) < 4.78 is 25.6. The minimum Gasteiger partial charge on any atom is -0.346 e. The molecule has 3 rings (SSSR count). The van der Waals surface area contributed by atoms with Crippen LogP contribution < -0.4 is 5.32 Å². The lowest BCUT2D eigenvalue weighted by atomic mass is 10.2. The average Bonchev–Trinajstić information content (AvgIpc) is 3.30. The second-order valence-corrected chi connectivity index (χ2v) is 10.5. The summed E-state index contributed by atoms with van der Waals surface area (Å²) in [6, 6.07) is 11.2. The van der Waals surface area contributed by atoms with E-state index in [0.29, 0.717) is 5.69 Å². The van der Waals surface area contributed by atoms with E-state index in [1.165, 1.54) is 35.3 Å². The van der Waals surface area contributed by atoms with Gasteiger partial charge in [0.15, 0.2) is 0 Å². The van der Waals surface area contributed by atoms with Crippen LogP contribution in [0.4, 0.5) is 0 Å². The van der Waals surface area contributed by atoms with Gasteiger partial charge < -0.3 is 5.32 Å². The first-order chi connectivity index (χ1) is 12.8. The van der Waals surface area contributed by atoms with Gasteiger partial charge in [-0.05, 0) is 19.1 Å². The Bertz CT molecular complexity index is 1050. The van der Waals surface area contributed by atoms with E-state index in [0.717, 1.165) is 26.8 Å². The molecule has 0 saturated heterocycles. The van der Waals surface area contributed by atoms with E-state index in [-0.39, 0.29) is 16.7 Å². The molecule has 0 atom stereocenters. The van der Waals surface area contributed by atoms with Gasteiger partial charge in [0, 0.05) is 29.9 Å². The van der Waals surface area contributed by atoms with E-state index in [2.05, 4.69) is 10.3 Å². The number of benzene rings is 1. The topological polar surface area (TPSA) is 79.4 Å². The Morgan fingerprint density at radius 1 is 1.15 bits per heavy atom. The molecule has 2 aromatic heterocycles. The summed E-state index contributed by atoms with van der Waals surface area (Å²) in [6.45, 7) is 2.27. The zero-order chi connectivity index (χ0) is 19.6. The number of rotatable bonds is 6. The summed E-state index contributed by atoms with van der Waals surface area (Å²) in [5.41, 5.74) is 2.49. The van der Waals surface area contributed by atoms with E-state index in [9.17, 15) is 13.2 Å². The third kappa shape index (κ3) is 4.44. The Labute approximate surface area is 166 Å². The van der Waals surface area contributed by atoms with Crippen LogP contribution in [0.25, 0.3) is 10.6 Å². The number of hydrogen-bond donors (Lipinski definition) is 1. The van der Waals surface area contributed by atoms with Crippen molar-refractivity contribution in [3.05, 3.63) is 57.9 Å². The number of hydrogen-bond acceptors (Lipinski definition) is 6. The molecule has 1 amide bonds. The van der Waals surface area contributed by atoms with Gasteiger partial charge in [0.25, 0.3) is 15.9 Å². The summed E-state index contributed by atoms with van der Waals surface area (Å²) in [5, 5.41) is 5.30. The lowest BCUT2D eigenvalue weighted by Crippen LogP contribution is -2.22. The van der Waals surface area contributed by atoms with Crippen LogP contribution in [-0.4, -0.2) is 37.7 Å². The third-order valence-corrected chi connectivity index (χ3v) is 8.09. The maximum absolute atomic E-state index is 12.3. The van der Waals surface area contributed by atoms with Gasteiger partial charge >= 0.3 is 0 Å². The molecule has 0 spiro atoms. The number of aromatic nitrogens is 1. The van der Waals surface area contributed by atoms with Gasteiger partial charge in [-0.15, -0.1) is 22.7 Å². The maximum atomic E-state index is 12.3. The number of nitrogens with zero attached hydrogens (tertiary/aromatic N) is 2. The maximum Gasteiger partial charge on any atom is 0.271 e. The summed E-state index contributed by atoms with van der Waals surface area (Å²) in [7, 11) is -0.468. The summed E-state index contributed by atoms with van der Waals surface area (Å²) in [5.74, 6) is -0.282. The lowest BCUT2D eigenvalue weighted by molar-refractivity contribution is 0.0947. The van der Waals surface area contributed by atoms with Gasteiger partial charge in [0.05, 0.1) is 6.54 Å². The highest BCUT2D eigenvalue weighted by Gasteiger charge is 2.20. The van der Waals surface area contributed by atoms with Gasteiger partial charge in [-0.25, -0.2) is 17.7 Å². The molecule has 0 radical (unpaired) electrons. The SMILES string of the molecule is Cc1ccc(-c2nc(C(=O)NCc3ccc(S(=O)(=O)N(C)C)s3)cs2)cc1. The molecule has 142 valence electrons. The van der Waals surface area contributed by atoms with Crippen LogP contribution in [0, 0.1) is 6.92 Å². The number of carbonyl (C=O) groups is 1. The fourth-order valence-electron chi connectivity index (χ4n) is 2.24. The number of aryl methyl sites for hydroxylation is 1. The summed E-state index contributed by atoms with van der Waals surface area (Å²) in [6.07, 6.45) is 0. The van der Waals surface area contributed by atoms with Gasteiger partial charge in [0.1, 0.15) is 14.9 Å². The Hall–Kier alpha value is -2.07. The molecule has 27 heavy (non-hydrogen) atoms. The van der Waals surface area contributed by atoms with Gasteiger partial charge in [-0.1, -0.05) is 29.8 Å². The van der Waals surface area contributed by atoms with Crippen molar-refractivity contribution in [3.8, 4) is 10.6 Å². The molecule has 0 aliphatic heterocycles. The number of thiophene rings is 1. The third-order valence-electron chi connectivity index (χ3n) is 3.83. The number of thiazole rings is 1. The molecule has 3 aromatic rings. The molecule has 0 aliphatic carbocycles. The van der Waals surface area contributed by atoms with E-state index in [1.807, 2.05) is 31.2 Å². The molecule has 9 heteroatoms. The number of sulfonamides is 1. The van der Waals surface area contributed by atoms with Crippen molar-refractivity contribution < 1.29 is 13.2 Å². The lowest BCUT2D eigenvalue weighted by Gasteiger charge is -2.08. The van der Waals surface area contributed by atoms with Crippen molar-refractivity contribution in [2.45, 2.75) is 17.7 Å². The molecule has 1 N–H and O–H groups in total. The first kappa shape index (κ1) is 19.7. The van der Waals surface area contributed by atoms with Crippen LogP contribution in [-0.2, 0) is 16.6 Å². The molecule has 0 saturated carbocycles. The molecular formula is C18H19N3O3S3. The predicted molar refractivity (Wildman–Crippen MR) is 109 cm³/mol. The first-order valence-corrected chi connectivity index (χ1v) is 11.2. The highest BCUT2D eigenvalue weighted by molar-refractivity contribution is 7.91. The monoisotopic (exact) mass is 421 g/mol. The normalized spacial score (nSPS) is 11.7. The van der Waals surface area contributed by atoms with Crippen molar-refractivity contribution in [1.82, 2.24) is 14.6 Å². The van der Waals surface area contributed by atoms with E-state index in [1.54, 1.807) is 17.5 Å². The Morgan fingerprint density at radius 3 is 2.52 bits per heavy atom. The minimum absolute atomic E-state index is 0.254. The smallest absolute Gasteiger partial charge is 0.271 e. The zero-order valence-corrected chi connectivity index (χ0v) is 17.5. The van der Waals surface area contributed by atoms with Crippen molar-refractivity contribution >= 4 is 38.6 Å². The van der Waals surface area contributed by atoms with E-state index >= 15 is 0 Å². The van der Waals surface area contributed by atoms with Gasteiger partial charge in [-0.3, -0.25) is 4.79 Å². The molecule has 2 heterocycles. The summed E-state index contributed by atoms with van der Waals surface area (Å²) >= 11 is 2.56. The largest absolute Gasteiger partial charge is 0.346 e. The van der Waals surface area contributed by atoms with Crippen LogP contribution in [0.15, 0.2) is 46.0 Å². The van der Waals surface area contributed by atoms with Crippen LogP contribution in [0.1, 0.15) is 20.9 Å². The number of carbonyl (C=O) groups excluding carboxylic acids is 1. The Balaban J connectivity index is 1.65. The van der Waals surface area contributed by atoms with Crippen LogP contribution in [0.2, 0.25) is 0 Å². The molecule has 0 fully saturated rings. The molecule has 1 aromatic carbocycles. The number of amides is 1. The summed E-state index contributed by atoms with van der Waals surface area (Å²) in [4.78, 5) is 17.5. The predicted octanol–water partition coefficient (Wildman–Crippen LogP) is 3.36. The fourth-order valence-corrected chi connectivity index (χ4v) is 5.51. The van der Waals surface area contributed by atoms with Crippen molar-refractivity contribution in [3.63, 3.8) is 0 Å². The Morgan fingerprint density at radius 2 is 1.85 bits per heavy atom. The highest BCUT2D eigenvalue weighted by Crippen LogP contribution is 2.25. The minimum atomic E-state index is -3.45. The van der Waals surface area contributed by atoms with E-state index in [4.69, 9.17) is 0 Å². The quantitative estimate of drug-likeness (QED) is 0.662. The molecule has 0 bridgehead atoms. The number of nitrogens with one attached hydrogen (secondary N) is 1. The van der Waals surface area contributed by atoms with Crippen LogP contribution >= 0.6 is 22.7 Å². The molecule has 6 nitrogen and oxygen atoms in total. The van der Waals surface area contributed by atoms with E-state index < -0.39 is 10.0 Å². The standard InChI is InChI=1S/C18H19N3O3S3/c1-12-4-6-13(7-5-12)18-20-15(11-25-18)17(22)19-10-14-8-9-16(26-14)27(23,24)21(2)3/h4-9,11H,10H2,1-3H3,(H,19,22). The first-order valence-electron chi connectivity index (χ1n) is 8.09. The van der Waals surface area contributed by atoms with Crippen molar-refractivity contribution in [2.75, 3.05) is 14.1 Å². The van der Waals surface area contributed by atoms with Crippen molar-refractivity contribution in [2.24, 2.45) is 0 Å². The fraction of sp³-hybridized carbons (Fsp3) is 0.222. The molecule has 0 aliphatic rings. The second-order valence-electron chi connectivity index (χ2n) is 6.09. The van der Waals surface area contributed by atoms with Crippen LogP contribution in [0.5, 0.6) is 0 Å². The van der Waals surface area contributed by atoms with Crippen LogP contribution in [0.3, 0.4) is 0 Å². The van der Waals surface area contributed by atoms with Crippen molar-refractivity contribution in [1.29, 1.82) is 0 Å². The average molecular weight is 422 g/mol. The van der Waals surface area contributed by atoms with Gasteiger partial charge in [0.2, 0.25) is 0 Å². The molecular weight excluding hydrogens is 402 g/mol. The van der Waals surface area contributed by atoms with Gasteiger partial charge in [-0.2, -0.15) is 0 Å². The zero-order valence-electron chi connectivity index (χ0n) is 15.1. The highest BCUT2D eigenvalue weighted by atomic mass is 32.2. The Kier molecular flexibility index (Phi) is 5.75.